The van der Waals surface area contributed by atoms with Gasteiger partial charge in [-0.1, -0.05) is 12.1 Å². The molecule has 0 fully saturated rings. The predicted octanol–water partition coefficient (Wildman–Crippen LogP) is 3.29. The minimum Gasteiger partial charge on any atom is -0.459 e. The van der Waals surface area contributed by atoms with Crippen LogP contribution in [-0.4, -0.2) is 23.4 Å². The number of esters is 1. The van der Waals surface area contributed by atoms with Crippen molar-refractivity contribution < 1.29 is 13.9 Å². The van der Waals surface area contributed by atoms with Gasteiger partial charge >= 0.3 is 5.97 Å². The van der Waals surface area contributed by atoms with Crippen LogP contribution in [-0.2, 0) is 9.53 Å². The Morgan fingerprint density at radius 2 is 1.90 bits per heavy atom. The Bertz CT molecular complexity index is 440. The molecule has 2 atom stereocenters. The minimum absolute atomic E-state index is 0.0666. The maximum atomic E-state index is 12.9. The minimum atomic E-state index is -0.489. The second-order valence-corrected chi connectivity index (χ2v) is 6.86. The summed E-state index contributed by atoms with van der Waals surface area (Å²) in [6, 6.07) is 6.06. The maximum Gasteiger partial charge on any atom is 0.316 e. The van der Waals surface area contributed by atoms with Crippen LogP contribution in [0.5, 0.6) is 0 Å². The Kier molecular flexibility index (Phi) is 6.02. The van der Waals surface area contributed by atoms with Crippen LogP contribution in [0.1, 0.15) is 38.5 Å². The number of nitrogens with two attached hydrogens (primary N) is 1. The first-order chi connectivity index (χ1) is 9.19. The van der Waals surface area contributed by atoms with E-state index in [-0.39, 0.29) is 28.8 Å². The Morgan fingerprint density at radius 3 is 2.35 bits per heavy atom. The molecule has 0 heterocycles. The Morgan fingerprint density at radius 1 is 1.35 bits per heavy atom. The van der Waals surface area contributed by atoms with Gasteiger partial charge in [-0.2, -0.15) is 0 Å². The lowest BCUT2D eigenvalue weighted by Gasteiger charge is -2.23. The molecule has 20 heavy (non-hydrogen) atoms. The van der Waals surface area contributed by atoms with Crippen molar-refractivity contribution in [3.63, 3.8) is 0 Å². The first-order valence-electron chi connectivity index (χ1n) is 6.53. The van der Waals surface area contributed by atoms with Crippen molar-refractivity contribution >= 4 is 17.7 Å². The topological polar surface area (TPSA) is 52.3 Å². The Balaban J connectivity index is 2.65. The Labute approximate surface area is 124 Å². The lowest BCUT2D eigenvalue weighted by atomic mass is 10.1. The molecule has 0 saturated heterocycles. The highest BCUT2D eigenvalue weighted by Gasteiger charge is 2.21. The second kappa shape index (κ2) is 7.09. The third-order valence-electron chi connectivity index (χ3n) is 2.48. The van der Waals surface area contributed by atoms with Crippen molar-refractivity contribution in [2.24, 2.45) is 5.73 Å². The van der Waals surface area contributed by atoms with Gasteiger partial charge in [0.2, 0.25) is 0 Å². The van der Waals surface area contributed by atoms with Crippen LogP contribution in [0, 0.1) is 5.82 Å². The molecule has 0 aromatic heterocycles. The van der Waals surface area contributed by atoms with E-state index in [2.05, 4.69) is 0 Å². The van der Waals surface area contributed by atoms with Crippen molar-refractivity contribution in [2.75, 3.05) is 5.75 Å². The SMILES string of the molecule is CC(N)C(SCC(=O)OC(C)(C)C)c1ccc(F)cc1. The van der Waals surface area contributed by atoms with Crippen molar-refractivity contribution in [1.29, 1.82) is 0 Å². The number of carbonyl (C=O) groups is 1. The zero-order valence-electron chi connectivity index (χ0n) is 12.4. The summed E-state index contributed by atoms with van der Waals surface area (Å²) >= 11 is 1.42. The third-order valence-corrected chi connectivity index (χ3v) is 3.94. The molecule has 0 amide bonds. The summed E-state index contributed by atoms with van der Waals surface area (Å²) in [5.41, 5.74) is 6.38. The summed E-state index contributed by atoms with van der Waals surface area (Å²) in [5.74, 6) is -0.328. The highest BCUT2D eigenvalue weighted by Crippen LogP contribution is 2.31. The van der Waals surface area contributed by atoms with Crippen LogP contribution >= 0.6 is 11.8 Å². The fourth-order valence-electron chi connectivity index (χ4n) is 1.73. The average Bonchev–Trinajstić information content (AvgIpc) is 2.29. The molecule has 0 radical (unpaired) electrons. The van der Waals surface area contributed by atoms with Crippen molar-refractivity contribution in [3.8, 4) is 0 Å². The van der Waals surface area contributed by atoms with Crippen LogP contribution in [0.15, 0.2) is 24.3 Å². The van der Waals surface area contributed by atoms with E-state index in [1.165, 1.54) is 23.9 Å². The quantitative estimate of drug-likeness (QED) is 0.848. The van der Waals surface area contributed by atoms with E-state index in [1.54, 1.807) is 12.1 Å². The lowest BCUT2D eigenvalue weighted by Crippen LogP contribution is -2.27. The molecule has 1 aromatic rings. The summed E-state index contributed by atoms with van der Waals surface area (Å²) < 4.78 is 18.2. The summed E-state index contributed by atoms with van der Waals surface area (Å²) in [6.07, 6.45) is 0. The van der Waals surface area contributed by atoms with E-state index in [1.807, 2.05) is 27.7 Å². The number of ether oxygens (including phenoxy) is 1. The van der Waals surface area contributed by atoms with Crippen molar-refractivity contribution in [1.82, 2.24) is 0 Å². The molecule has 0 aliphatic carbocycles. The van der Waals surface area contributed by atoms with Crippen LogP contribution < -0.4 is 5.73 Å². The molecular weight excluding hydrogens is 277 g/mol. The molecule has 3 nitrogen and oxygen atoms in total. The molecule has 112 valence electrons. The summed E-state index contributed by atoms with van der Waals surface area (Å²) in [4.78, 5) is 11.7. The van der Waals surface area contributed by atoms with Crippen LogP contribution in [0.2, 0.25) is 0 Å². The summed E-state index contributed by atoms with van der Waals surface area (Å²) in [5, 5.41) is -0.0666. The molecule has 2 unspecified atom stereocenters. The number of rotatable bonds is 5. The lowest BCUT2D eigenvalue weighted by molar-refractivity contribution is -0.151. The normalized spacial score (nSPS) is 14.7. The second-order valence-electron chi connectivity index (χ2n) is 5.73. The molecule has 0 bridgehead atoms. The molecule has 0 aliphatic rings. The number of benzene rings is 1. The van der Waals surface area contributed by atoms with Crippen LogP contribution in [0.25, 0.3) is 0 Å². The van der Waals surface area contributed by atoms with Gasteiger partial charge in [0.25, 0.3) is 0 Å². The number of halogens is 1. The van der Waals surface area contributed by atoms with Gasteiger partial charge in [0.05, 0.1) is 5.75 Å². The van der Waals surface area contributed by atoms with Gasteiger partial charge in [0, 0.05) is 11.3 Å². The predicted molar refractivity (Wildman–Crippen MR) is 81.1 cm³/mol. The fraction of sp³-hybridized carbons (Fsp3) is 0.533. The van der Waals surface area contributed by atoms with Gasteiger partial charge < -0.3 is 10.5 Å². The van der Waals surface area contributed by atoms with E-state index in [9.17, 15) is 9.18 Å². The van der Waals surface area contributed by atoms with Crippen molar-refractivity contribution in [3.05, 3.63) is 35.6 Å². The molecule has 5 heteroatoms. The third kappa shape index (κ3) is 5.92. The van der Waals surface area contributed by atoms with Crippen LogP contribution in [0.4, 0.5) is 4.39 Å². The zero-order chi connectivity index (χ0) is 15.3. The standard InChI is InChI=1S/C15H22FNO2S/c1-10(17)14(11-5-7-12(16)8-6-11)20-9-13(18)19-15(2,3)4/h5-8,10,14H,9,17H2,1-4H3. The molecule has 0 spiro atoms. The van der Waals surface area contributed by atoms with Crippen LogP contribution in [0.3, 0.4) is 0 Å². The zero-order valence-corrected chi connectivity index (χ0v) is 13.2. The van der Waals surface area contributed by atoms with E-state index in [0.717, 1.165) is 5.56 Å². The van der Waals surface area contributed by atoms with E-state index >= 15 is 0 Å². The van der Waals surface area contributed by atoms with Crippen molar-refractivity contribution in [2.45, 2.75) is 44.6 Å². The van der Waals surface area contributed by atoms with Gasteiger partial charge in [0.15, 0.2) is 0 Å². The van der Waals surface area contributed by atoms with Gasteiger partial charge in [-0.05, 0) is 45.4 Å². The van der Waals surface area contributed by atoms with Gasteiger partial charge in [-0.3, -0.25) is 4.79 Å². The van der Waals surface area contributed by atoms with E-state index in [4.69, 9.17) is 10.5 Å². The summed E-state index contributed by atoms with van der Waals surface area (Å²) in [6.45, 7) is 7.37. The molecule has 0 saturated carbocycles. The highest BCUT2D eigenvalue weighted by atomic mass is 32.2. The van der Waals surface area contributed by atoms with Gasteiger partial charge in [-0.15, -0.1) is 11.8 Å². The number of hydrogen-bond acceptors (Lipinski definition) is 4. The average molecular weight is 299 g/mol. The van der Waals surface area contributed by atoms with Gasteiger partial charge in [-0.25, -0.2) is 4.39 Å². The number of thioether (sulfide) groups is 1. The van der Waals surface area contributed by atoms with E-state index in [0.29, 0.717) is 0 Å². The number of carbonyl (C=O) groups excluding carboxylic acids is 1. The largest absolute Gasteiger partial charge is 0.459 e. The maximum absolute atomic E-state index is 12.9. The first-order valence-corrected chi connectivity index (χ1v) is 7.58. The number of hydrogen-bond donors (Lipinski definition) is 1. The molecule has 1 rings (SSSR count). The first kappa shape index (κ1) is 17.0. The Hall–Kier alpha value is -1.07. The molecule has 0 aliphatic heterocycles. The van der Waals surface area contributed by atoms with Gasteiger partial charge in [0.1, 0.15) is 11.4 Å². The highest BCUT2D eigenvalue weighted by molar-refractivity contribution is 8.00. The molecule has 1 aromatic carbocycles. The smallest absolute Gasteiger partial charge is 0.316 e. The molecular formula is C15H22FNO2S. The molecule has 2 N–H and O–H groups in total. The fourth-order valence-corrected chi connectivity index (χ4v) is 2.76. The summed E-state index contributed by atoms with van der Waals surface area (Å²) in [7, 11) is 0. The monoisotopic (exact) mass is 299 g/mol. The van der Waals surface area contributed by atoms with E-state index < -0.39 is 5.60 Å².